The number of thiazole rings is 1. The lowest BCUT2D eigenvalue weighted by molar-refractivity contribution is -0.137. The molecule has 0 atom stereocenters. The quantitative estimate of drug-likeness (QED) is 0.597. The van der Waals surface area contributed by atoms with E-state index in [0.717, 1.165) is 29.5 Å². The summed E-state index contributed by atoms with van der Waals surface area (Å²) in [6.45, 7) is 3.54. The van der Waals surface area contributed by atoms with Crippen molar-refractivity contribution in [2.45, 2.75) is 20.0 Å². The Labute approximate surface area is 162 Å². The number of aromatic nitrogens is 1. The molecule has 0 unspecified atom stereocenters. The van der Waals surface area contributed by atoms with Crippen LogP contribution in [0.2, 0.25) is 0 Å². The van der Waals surface area contributed by atoms with Crippen molar-refractivity contribution in [3.8, 4) is 6.07 Å². The minimum absolute atomic E-state index is 0.214. The molecule has 10 heteroatoms. The Morgan fingerprint density at radius 1 is 1.36 bits per heavy atom. The standard InChI is InChI=1S/C18H15F3N4O2S/c1-3-25(11(2)26)17-23-13(10-28-17)8-12(9-22)16(27)24-15-7-5-4-6-14(15)18(19,20)21/h4-8,10H,3H2,1-2H3,(H,24,27)/b12-8+. The second-order valence-electron chi connectivity index (χ2n) is 5.49. The Balaban J connectivity index is 2.27. The first-order chi connectivity index (χ1) is 13.2. The van der Waals surface area contributed by atoms with E-state index in [2.05, 4.69) is 10.3 Å². The average molecular weight is 408 g/mol. The van der Waals surface area contributed by atoms with Gasteiger partial charge in [-0.05, 0) is 25.1 Å². The van der Waals surface area contributed by atoms with Crippen LogP contribution in [-0.2, 0) is 15.8 Å². The molecule has 1 heterocycles. The summed E-state index contributed by atoms with van der Waals surface area (Å²) >= 11 is 1.14. The van der Waals surface area contributed by atoms with Crippen LogP contribution in [0.4, 0.5) is 24.0 Å². The van der Waals surface area contributed by atoms with E-state index >= 15 is 0 Å². The maximum Gasteiger partial charge on any atom is 0.418 e. The first kappa shape index (κ1) is 21.1. The molecule has 0 radical (unpaired) electrons. The van der Waals surface area contributed by atoms with E-state index in [1.807, 2.05) is 0 Å². The van der Waals surface area contributed by atoms with E-state index in [9.17, 15) is 28.0 Å². The molecule has 1 N–H and O–H groups in total. The number of carbonyl (C=O) groups excluding carboxylic acids is 2. The van der Waals surface area contributed by atoms with Gasteiger partial charge in [0.25, 0.3) is 5.91 Å². The number of amides is 2. The fourth-order valence-electron chi connectivity index (χ4n) is 2.28. The summed E-state index contributed by atoms with van der Waals surface area (Å²) < 4.78 is 39.1. The van der Waals surface area contributed by atoms with E-state index in [1.165, 1.54) is 29.3 Å². The Hall–Kier alpha value is -3.19. The zero-order valence-corrected chi connectivity index (χ0v) is 15.7. The molecule has 2 rings (SSSR count). The van der Waals surface area contributed by atoms with Gasteiger partial charge in [-0.2, -0.15) is 18.4 Å². The number of nitrogens with one attached hydrogen (secondary N) is 1. The Kier molecular flexibility index (Phi) is 6.53. The van der Waals surface area contributed by atoms with Crippen molar-refractivity contribution in [3.05, 3.63) is 46.5 Å². The first-order valence-electron chi connectivity index (χ1n) is 8.00. The van der Waals surface area contributed by atoms with Gasteiger partial charge >= 0.3 is 6.18 Å². The summed E-state index contributed by atoms with van der Waals surface area (Å²) in [4.78, 5) is 29.4. The van der Waals surface area contributed by atoms with Crippen LogP contribution in [-0.4, -0.2) is 23.3 Å². The molecule has 1 aromatic heterocycles. The van der Waals surface area contributed by atoms with Crippen LogP contribution < -0.4 is 10.2 Å². The number of carbonyl (C=O) groups is 2. The highest BCUT2D eigenvalue weighted by Crippen LogP contribution is 2.34. The highest BCUT2D eigenvalue weighted by molar-refractivity contribution is 7.14. The van der Waals surface area contributed by atoms with Gasteiger partial charge in [-0.1, -0.05) is 12.1 Å². The summed E-state index contributed by atoms with van der Waals surface area (Å²) in [6.07, 6.45) is -3.50. The van der Waals surface area contributed by atoms with Gasteiger partial charge in [0.15, 0.2) is 5.13 Å². The number of para-hydroxylation sites is 1. The molecule has 6 nitrogen and oxygen atoms in total. The third kappa shape index (κ3) is 4.95. The zero-order valence-electron chi connectivity index (χ0n) is 14.9. The van der Waals surface area contributed by atoms with Crippen LogP contribution in [0, 0.1) is 11.3 Å². The summed E-state index contributed by atoms with van der Waals surface area (Å²) in [7, 11) is 0. The van der Waals surface area contributed by atoms with Gasteiger partial charge in [0.05, 0.1) is 16.9 Å². The van der Waals surface area contributed by atoms with Crippen LogP contribution in [0.3, 0.4) is 0 Å². The monoisotopic (exact) mass is 408 g/mol. The van der Waals surface area contributed by atoms with Gasteiger partial charge in [0.2, 0.25) is 5.91 Å². The summed E-state index contributed by atoms with van der Waals surface area (Å²) in [5.74, 6) is -1.21. The second-order valence-corrected chi connectivity index (χ2v) is 6.32. The SMILES string of the molecule is CCN(C(C)=O)c1nc(/C=C(\C#N)C(=O)Nc2ccccc2C(F)(F)F)cs1. The second kappa shape index (κ2) is 8.67. The molecule has 0 fully saturated rings. The molecular weight excluding hydrogens is 393 g/mol. The fraction of sp³-hybridized carbons (Fsp3) is 0.222. The lowest BCUT2D eigenvalue weighted by Crippen LogP contribution is -2.27. The molecule has 28 heavy (non-hydrogen) atoms. The molecule has 0 spiro atoms. The molecule has 0 bridgehead atoms. The number of benzene rings is 1. The predicted octanol–water partition coefficient (Wildman–Crippen LogP) is 4.08. The van der Waals surface area contributed by atoms with Crippen LogP contribution >= 0.6 is 11.3 Å². The third-order valence-electron chi connectivity index (χ3n) is 3.58. The van der Waals surface area contributed by atoms with E-state index in [1.54, 1.807) is 13.0 Å². The number of nitriles is 1. The van der Waals surface area contributed by atoms with E-state index in [0.29, 0.717) is 11.7 Å². The third-order valence-corrected chi connectivity index (χ3v) is 4.46. The maximum absolute atomic E-state index is 13.0. The first-order valence-corrected chi connectivity index (χ1v) is 8.88. The van der Waals surface area contributed by atoms with Gasteiger partial charge in [-0.3, -0.25) is 14.5 Å². The lowest BCUT2D eigenvalue weighted by Gasteiger charge is -2.14. The Morgan fingerprint density at radius 2 is 2.04 bits per heavy atom. The van der Waals surface area contributed by atoms with Crippen molar-refractivity contribution in [2.75, 3.05) is 16.8 Å². The topological polar surface area (TPSA) is 86.1 Å². The molecule has 0 aliphatic rings. The van der Waals surface area contributed by atoms with E-state index in [4.69, 9.17) is 0 Å². The predicted molar refractivity (Wildman–Crippen MR) is 99.5 cm³/mol. The normalized spacial score (nSPS) is 11.6. The maximum atomic E-state index is 13.0. The average Bonchev–Trinajstić information content (AvgIpc) is 3.07. The molecule has 2 amide bonds. The highest BCUT2D eigenvalue weighted by Gasteiger charge is 2.33. The minimum Gasteiger partial charge on any atom is -0.321 e. The van der Waals surface area contributed by atoms with Crippen molar-refractivity contribution < 1.29 is 22.8 Å². The van der Waals surface area contributed by atoms with Crippen LogP contribution in [0.5, 0.6) is 0 Å². The van der Waals surface area contributed by atoms with Gasteiger partial charge in [-0.25, -0.2) is 4.98 Å². The number of alkyl halides is 3. The molecule has 146 valence electrons. The molecule has 0 saturated heterocycles. The van der Waals surface area contributed by atoms with E-state index in [-0.39, 0.29) is 11.6 Å². The number of hydrogen-bond acceptors (Lipinski definition) is 5. The van der Waals surface area contributed by atoms with Crippen molar-refractivity contribution >= 4 is 40.0 Å². The number of nitrogens with zero attached hydrogens (tertiary/aromatic N) is 3. The Bertz CT molecular complexity index is 960. The lowest BCUT2D eigenvalue weighted by atomic mass is 10.1. The molecule has 1 aromatic carbocycles. The smallest absolute Gasteiger partial charge is 0.321 e. The van der Waals surface area contributed by atoms with Crippen molar-refractivity contribution in [1.82, 2.24) is 4.98 Å². The summed E-state index contributed by atoms with van der Waals surface area (Å²) in [6, 6.07) is 6.13. The van der Waals surface area contributed by atoms with Gasteiger partial charge in [-0.15, -0.1) is 11.3 Å². The van der Waals surface area contributed by atoms with Gasteiger partial charge < -0.3 is 5.32 Å². The van der Waals surface area contributed by atoms with Gasteiger partial charge in [0.1, 0.15) is 11.6 Å². The van der Waals surface area contributed by atoms with Crippen LogP contribution in [0.15, 0.2) is 35.2 Å². The Morgan fingerprint density at radius 3 is 2.61 bits per heavy atom. The largest absolute Gasteiger partial charge is 0.418 e. The summed E-state index contributed by atoms with van der Waals surface area (Å²) in [5.41, 5.74) is -1.64. The highest BCUT2D eigenvalue weighted by atomic mass is 32.1. The number of anilines is 2. The van der Waals surface area contributed by atoms with Crippen LogP contribution in [0.25, 0.3) is 6.08 Å². The van der Waals surface area contributed by atoms with Crippen molar-refractivity contribution in [2.24, 2.45) is 0 Å². The van der Waals surface area contributed by atoms with Crippen LogP contribution in [0.1, 0.15) is 25.1 Å². The molecule has 0 saturated carbocycles. The molecule has 0 aliphatic carbocycles. The van der Waals surface area contributed by atoms with Gasteiger partial charge in [0, 0.05) is 18.8 Å². The number of hydrogen-bond donors (Lipinski definition) is 1. The number of rotatable bonds is 5. The molecule has 0 aliphatic heterocycles. The van der Waals surface area contributed by atoms with Crippen molar-refractivity contribution in [3.63, 3.8) is 0 Å². The fourth-order valence-corrected chi connectivity index (χ4v) is 3.17. The minimum atomic E-state index is -4.65. The zero-order chi connectivity index (χ0) is 20.9. The molecule has 2 aromatic rings. The van der Waals surface area contributed by atoms with Crippen molar-refractivity contribution in [1.29, 1.82) is 5.26 Å². The molecular formula is C18H15F3N4O2S. The van der Waals surface area contributed by atoms with E-state index < -0.39 is 28.9 Å². The number of halogens is 3. The summed E-state index contributed by atoms with van der Waals surface area (Å²) in [5, 5.41) is 13.3.